The number of carbonyl (C=O) groups is 1. The van der Waals surface area contributed by atoms with E-state index in [2.05, 4.69) is 25.4 Å². The van der Waals surface area contributed by atoms with Crippen LogP contribution in [0.15, 0.2) is 24.4 Å². The minimum atomic E-state index is -0.216. The standard InChI is InChI=1S/C15H25N5O2/c21-13-12-20-10-8-19(9-11-20)7-3-6-17-15(22)18-14-4-1-2-5-16-14/h1-2,4-5,21H,3,6-13H2,(H2,16,17,18,22). The molecule has 0 spiro atoms. The maximum Gasteiger partial charge on any atom is 0.320 e. The Balaban J connectivity index is 1.53. The van der Waals surface area contributed by atoms with E-state index in [1.165, 1.54) is 0 Å². The fraction of sp³-hybridized carbons (Fsp3) is 0.600. The largest absolute Gasteiger partial charge is 0.395 e. The number of β-amino-alcohol motifs (C(OH)–C–C–N with tert-alkyl or cyclic N) is 1. The number of carbonyl (C=O) groups excluding carboxylic acids is 1. The van der Waals surface area contributed by atoms with E-state index in [0.29, 0.717) is 12.4 Å². The number of hydrogen-bond acceptors (Lipinski definition) is 5. The molecule has 1 saturated heterocycles. The van der Waals surface area contributed by atoms with Crippen molar-refractivity contribution in [2.45, 2.75) is 6.42 Å². The smallest absolute Gasteiger partial charge is 0.320 e. The number of nitrogens with one attached hydrogen (secondary N) is 2. The molecule has 0 unspecified atom stereocenters. The van der Waals surface area contributed by atoms with Gasteiger partial charge in [-0.05, 0) is 25.1 Å². The highest BCUT2D eigenvalue weighted by Gasteiger charge is 2.15. The molecule has 2 amide bonds. The number of aliphatic hydroxyl groups excluding tert-OH is 1. The number of anilines is 1. The summed E-state index contributed by atoms with van der Waals surface area (Å²) in [5.74, 6) is 0.556. The molecule has 1 aromatic heterocycles. The fourth-order valence-corrected chi connectivity index (χ4v) is 2.48. The zero-order chi connectivity index (χ0) is 15.6. The average Bonchev–Trinajstić information content (AvgIpc) is 2.54. The van der Waals surface area contributed by atoms with E-state index in [0.717, 1.165) is 45.7 Å². The van der Waals surface area contributed by atoms with E-state index in [9.17, 15) is 4.79 Å². The molecule has 0 aliphatic carbocycles. The highest BCUT2D eigenvalue weighted by molar-refractivity contribution is 5.88. The van der Waals surface area contributed by atoms with Crippen LogP contribution in [0.25, 0.3) is 0 Å². The molecular formula is C15H25N5O2. The molecule has 1 aliphatic heterocycles. The highest BCUT2D eigenvalue weighted by atomic mass is 16.3. The van der Waals surface area contributed by atoms with E-state index in [-0.39, 0.29) is 12.6 Å². The summed E-state index contributed by atoms with van der Waals surface area (Å²) in [6.45, 7) is 6.70. The van der Waals surface area contributed by atoms with Gasteiger partial charge in [-0.3, -0.25) is 10.2 Å². The van der Waals surface area contributed by atoms with Gasteiger partial charge in [-0.25, -0.2) is 9.78 Å². The Morgan fingerprint density at radius 3 is 2.55 bits per heavy atom. The molecule has 1 aliphatic rings. The van der Waals surface area contributed by atoms with Crippen molar-refractivity contribution in [2.75, 3.05) is 57.7 Å². The molecule has 0 radical (unpaired) electrons. The van der Waals surface area contributed by atoms with Gasteiger partial charge in [-0.15, -0.1) is 0 Å². The number of aromatic nitrogens is 1. The summed E-state index contributed by atoms with van der Waals surface area (Å²) in [6.07, 6.45) is 2.57. The quantitative estimate of drug-likeness (QED) is 0.627. The number of hydrogen-bond donors (Lipinski definition) is 3. The molecule has 0 bridgehead atoms. The third kappa shape index (κ3) is 5.97. The molecule has 3 N–H and O–H groups in total. The van der Waals surface area contributed by atoms with Crippen LogP contribution in [0.3, 0.4) is 0 Å². The Labute approximate surface area is 131 Å². The molecule has 1 aromatic rings. The first kappa shape index (κ1) is 16.7. The monoisotopic (exact) mass is 307 g/mol. The average molecular weight is 307 g/mol. The van der Waals surface area contributed by atoms with Gasteiger partial charge in [0.1, 0.15) is 5.82 Å². The first-order chi connectivity index (χ1) is 10.8. The van der Waals surface area contributed by atoms with Crippen LogP contribution in [-0.4, -0.2) is 78.3 Å². The highest BCUT2D eigenvalue weighted by Crippen LogP contribution is 2.02. The zero-order valence-electron chi connectivity index (χ0n) is 12.9. The molecule has 0 saturated carbocycles. The van der Waals surface area contributed by atoms with E-state index >= 15 is 0 Å². The molecule has 2 heterocycles. The Hall–Kier alpha value is -1.70. The Kier molecular flexibility index (Phi) is 7.08. The van der Waals surface area contributed by atoms with Crippen LogP contribution in [0.2, 0.25) is 0 Å². The second-order valence-corrected chi connectivity index (χ2v) is 5.36. The molecule has 122 valence electrons. The van der Waals surface area contributed by atoms with E-state index in [4.69, 9.17) is 5.11 Å². The Morgan fingerprint density at radius 2 is 1.91 bits per heavy atom. The minimum Gasteiger partial charge on any atom is -0.395 e. The van der Waals surface area contributed by atoms with Gasteiger partial charge in [0, 0.05) is 45.5 Å². The normalized spacial score (nSPS) is 16.4. The number of rotatable bonds is 7. The van der Waals surface area contributed by atoms with E-state index in [1.54, 1.807) is 12.3 Å². The van der Waals surface area contributed by atoms with Crippen LogP contribution in [-0.2, 0) is 0 Å². The SMILES string of the molecule is O=C(NCCCN1CCN(CCO)CC1)Nc1ccccn1. The fourth-order valence-electron chi connectivity index (χ4n) is 2.48. The van der Waals surface area contributed by atoms with Crippen molar-refractivity contribution in [3.05, 3.63) is 24.4 Å². The second-order valence-electron chi connectivity index (χ2n) is 5.36. The maximum absolute atomic E-state index is 11.7. The van der Waals surface area contributed by atoms with Gasteiger partial charge in [-0.2, -0.15) is 0 Å². The van der Waals surface area contributed by atoms with Gasteiger partial charge in [0.15, 0.2) is 0 Å². The van der Waals surface area contributed by atoms with Crippen molar-refractivity contribution >= 4 is 11.8 Å². The summed E-state index contributed by atoms with van der Waals surface area (Å²) in [6, 6.07) is 5.18. The summed E-state index contributed by atoms with van der Waals surface area (Å²) >= 11 is 0. The van der Waals surface area contributed by atoms with Crippen molar-refractivity contribution in [3.63, 3.8) is 0 Å². The number of amides is 2. The molecule has 7 nitrogen and oxygen atoms in total. The van der Waals surface area contributed by atoms with Crippen LogP contribution in [0, 0.1) is 0 Å². The molecule has 0 aromatic carbocycles. The molecular weight excluding hydrogens is 282 g/mol. The lowest BCUT2D eigenvalue weighted by atomic mass is 10.3. The van der Waals surface area contributed by atoms with Crippen molar-refractivity contribution in [3.8, 4) is 0 Å². The molecule has 2 rings (SSSR count). The van der Waals surface area contributed by atoms with Crippen molar-refractivity contribution < 1.29 is 9.90 Å². The van der Waals surface area contributed by atoms with Gasteiger partial charge in [0.25, 0.3) is 0 Å². The third-order valence-electron chi connectivity index (χ3n) is 3.72. The molecule has 1 fully saturated rings. The van der Waals surface area contributed by atoms with Crippen LogP contribution in [0.4, 0.5) is 10.6 Å². The Morgan fingerprint density at radius 1 is 1.18 bits per heavy atom. The van der Waals surface area contributed by atoms with Gasteiger partial charge >= 0.3 is 6.03 Å². The lowest BCUT2D eigenvalue weighted by Gasteiger charge is -2.34. The summed E-state index contributed by atoms with van der Waals surface area (Å²) in [4.78, 5) is 20.4. The van der Waals surface area contributed by atoms with Crippen molar-refractivity contribution in [2.24, 2.45) is 0 Å². The molecule has 22 heavy (non-hydrogen) atoms. The van der Waals surface area contributed by atoms with Gasteiger partial charge in [0.05, 0.1) is 6.61 Å². The molecule has 7 heteroatoms. The third-order valence-corrected chi connectivity index (χ3v) is 3.72. The number of nitrogens with zero attached hydrogens (tertiary/aromatic N) is 3. The van der Waals surface area contributed by atoms with Crippen molar-refractivity contribution in [1.29, 1.82) is 0 Å². The topological polar surface area (TPSA) is 80.7 Å². The number of aliphatic hydroxyl groups is 1. The predicted octanol–water partition coefficient (Wildman–Crippen LogP) is 0.203. The summed E-state index contributed by atoms with van der Waals surface area (Å²) in [5.41, 5.74) is 0. The second kappa shape index (κ2) is 9.34. The Bertz CT molecular complexity index is 435. The van der Waals surface area contributed by atoms with Crippen LogP contribution in [0.1, 0.15) is 6.42 Å². The van der Waals surface area contributed by atoms with E-state index in [1.807, 2.05) is 12.1 Å². The zero-order valence-corrected chi connectivity index (χ0v) is 12.9. The van der Waals surface area contributed by atoms with Crippen LogP contribution in [0.5, 0.6) is 0 Å². The number of pyridine rings is 1. The summed E-state index contributed by atoms with van der Waals surface area (Å²) in [5, 5.41) is 14.4. The molecule has 0 atom stereocenters. The van der Waals surface area contributed by atoms with E-state index < -0.39 is 0 Å². The van der Waals surface area contributed by atoms with Gasteiger partial charge in [0.2, 0.25) is 0 Å². The number of urea groups is 1. The minimum absolute atomic E-state index is 0.216. The number of piperazine rings is 1. The lowest BCUT2D eigenvalue weighted by molar-refractivity contribution is 0.112. The van der Waals surface area contributed by atoms with Crippen LogP contribution >= 0.6 is 0 Å². The van der Waals surface area contributed by atoms with Crippen LogP contribution < -0.4 is 10.6 Å². The lowest BCUT2D eigenvalue weighted by Crippen LogP contribution is -2.47. The summed E-state index contributed by atoms with van der Waals surface area (Å²) in [7, 11) is 0. The maximum atomic E-state index is 11.7. The van der Waals surface area contributed by atoms with Gasteiger partial charge in [-0.1, -0.05) is 6.07 Å². The first-order valence-electron chi connectivity index (χ1n) is 7.79. The van der Waals surface area contributed by atoms with Crippen molar-refractivity contribution in [1.82, 2.24) is 20.1 Å². The predicted molar refractivity (Wildman–Crippen MR) is 85.8 cm³/mol. The van der Waals surface area contributed by atoms with Gasteiger partial charge < -0.3 is 15.3 Å². The summed E-state index contributed by atoms with van der Waals surface area (Å²) < 4.78 is 0. The first-order valence-corrected chi connectivity index (χ1v) is 7.79.